The molecule has 1 aromatic rings. The monoisotopic (exact) mass is 293 g/mol. The summed E-state index contributed by atoms with van der Waals surface area (Å²) in [6.07, 6.45) is 0. The summed E-state index contributed by atoms with van der Waals surface area (Å²) < 4.78 is 13.5. The molecule has 0 aliphatic carbocycles. The zero-order valence-electron chi connectivity index (χ0n) is 12.0. The van der Waals surface area contributed by atoms with Crippen LogP contribution in [0.15, 0.2) is 18.2 Å². The van der Waals surface area contributed by atoms with Crippen molar-refractivity contribution in [3.8, 4) is 6.07 Å². The smallest absolute Gasteiger partial charge is 0.329 e. The van der Waals surface area contributed by atoms with Crippen molar-refractivity contribution in [2.45, 2.75) is 26.3 Å². The fraction of sp³-hybridized carbons (Fsp3) is 0.357. The van der Waals surface area contributed by atoms with E-state index in [9.17, 15) is 14.0 Å². The highest BCUT2D eigenvalue weighted by Crippen LogP contribution is 2.21. The van der Waals surface area contributed by atoms with Gasteiger partial charge >= 0.3 is 12.0 Å². The summed E-state index contributed by atoms with van der Waals surface area (Å²) >= 11 is 0. The summed E-state index contributed by atoms with van der Waals surface area (Å²) in [7, 11) is 0. The van der Waals surface area contributed by atoms with Gasteiger partial charge in [-0.05, 0) is 32.9 Å². The van der Waals surface area contributed by atoms with E-state index < -0.39 is 23.4 Å². The van der Waals surface area contributed by atoms with E-state index in [0.717, 1.165) is 11.0 Å². The van der Waals surface area contributed by atoms with Crippen LogP contribution in [0.3, 0.4) is 0 Å². The molecule has 0 fully saturated rings. The molecule has 0 radical (unpaired) electrons. The van der Waals surface area contributed by atoms with Gasteiger partial charge in [0.15, 0.2) is 0 Å². The Morgan fingerprint density at radius 2 is 2.10 bits per heavy atom. The van der Waals surface area contributed by atoms with Crippen LogP contribution in [-0.2, 0) is 4.79 Å². The molecule has 0 spiro atoms. The van der Waals surface area contributed by atoms with E-state index in [4.69, 9.17) is 10.4 Å². The van der Waals surface area contributed by atoms with Crippen molar-refractivity contribution in [2.75, 3.05) is 11.9 Å². The molecule has 112 valence electrons. The lowest BCUT2D eigenvalue weighted by Crippen LogP contribution is -2.54. The van der Waals surface area contributed by atoms with E-state index in [0.29, 0.717) is 0 Å². The number of urea groups is 1. The summed E-state index contributed by atoms with van der Waals surface area (Å²) in [6.45, 7) is 4.54. The second-order valence-electron chi connectivity index (χ2n) is 4.81. The minimum Gasteiger partial charge on any atom is -0.480 e. The Balaban J connectivity index is 3.08. The molecule has 2 amide bonds. The van der Waals surface area contributed by atoms with Crippen molar-refractivity contribution in [3.05, 3.63) is 29.6 Å². The summed E-state index contributed by atoms with van der Waals surface area (Å²) in [5.74, 6) is -1.92. The van der Waals surface area contributed by atoms with Crippen LogP contribution in [0.25, 0.3) is 0 Å². The first kappa shape index (κ1) is 16.4. The average Bonchev–Trinajstić information content (AvgIpc) is 2.39. The maximum absolute atomic E-state index is 13.5. The molecule has 7 heteroatoms. The number of rotatable bonds is 4. The van der Waals surface area contributed by atoms with Crippen molar-refractivity contribution in [1.82, 2.24) is 4.90 Å². The molecular formula is C14H16FN3O3. The number of carbonyl (C=O) groups excluding carboxylic acids is 1. The van der Waals surface area contributed by atoms with Crippen molar-refractivity contribution in [3.63, 3.8) is 0 Å². The molecule has 0 saturated carbocycles. The lowest BCUT2D eigenvalue weighted by molar-refractivity contribution is -0.147. The maximum Gasteiger partial charge on any atom is 0.329 e. The van der Waals surface area contributed by atoms with Gasteiger partial charge in [0.2, 0.25) is 0 Å². The van der Waals surface area contributed by atoms with Crippen molar-refractivity contribution in [1.29, 1.82) is 5.26 Å². The van der Waals surface area contributed by atoms with Crippen LogP contribution in [0, 0.1) is 17.1 Å². The molecule has 6 nitrogen and oxygen atoms in total. The van der Waals surface area contributed by atoms with Gasteiger partial charge in [-0.3, -0.25) is 0 Å². The van der Waals surface area contributed by atoms with E-state index >= 15 is 0 Å². The van der Waals surface area contributed by atoms with E-state index in [1.54, 1.807) is 13.0 Å². The predicted octanol–water partition coefficient (Wildman–Crippen LogP) is 2.41. The number of likely N-dealkylation sites (N-methyl/N-ethyl adjacent to an activating group) is 1. The average molecular weight is 293 g/mol. The summed E-state index contributed by atoms with van der Waals surface area (Å²) in [5.41, 5.74) is -1.73. The lowest BCUT2D eigenvalue weighted by Gasteiger charge is -2.34. The first-order valence-electron chi connectivity index (χ1n) is 6.26. The first-order valence-corrected chi connectivity index (χ1v) is 6.26. The van der Waals surface area contributed by atoms with Gasteiger partial charge in [0.05, 0.1) is 5.69 Å². The highest BCUT2D eigenvalue weighted by Gasteiger charge is 2.37. The third-order valence-electron chi connectivity index (χ3n) is 3.13. The topological polar surface area (TPSA) is 93.4 Å². The van der Waals surface area contributed by atoms with Crippen molar-refractivity contribution < 1.29 is 19.1 Å². The minimum absolute atomic E-state index is 0.00198. The van der Waals surface area contributed by atoms with E-state index in [-0.39, 0.29) is 17.8 Å². The molecular weight excluding hydrogens is 277 g/mol. The second-order valence-corrected chi connectivity index (χ2v) is 4.81. The van der Waals surface area contributed by atoms with Gasteiger partial charge in [0, 0.05) is 6.54 Å². The highest BCUT2D eigenvalue weighted by molar-refractivity contribution is 5.94. The van der Waals surface area contributed by atoms with Gasteiger partial charge in [-0.15, -0.1) is 0 Å². The van der Waals surface area contributed by atoms with Gasteiger partial charge in [-0.1, -0.05) is 6.07 Å². The standard InChI is InChI=1S/C14H16FN3O3/c1-4-18(14(2,3)12(19)20)13(21)17-11-7-5-6-10(15)9(11)8-16/h5-7H,4H2,1-3H3,(H,17,21)(H,19,20). The maximum atomic E-state index is 13.5. The van der Waals surface area contributed by atoms with Crippen molar-refractivity contribution in [2.24, 2.45) is 0 Å². The van der Waals surface area contributed by atoms with Crippen LogP contribution >= 0.6 is 0 Å². The molecule has 2 N–H and O–H groups in total. The van der Waals surface area contributed by atoms with Gasteiger partial charge in [0.1, 0.15) is 23.0 Å². The normalized spacial score (nSPS) is 10.6. The van der Waals surface area contributed by atoms with Crippen LogP contribution in [0.4, 0.5) is 14.9 Å². The number of anilines is 1. The molecule has 0 unspecified atom stereocenters. The number of hydrogen-bond acceptors (Lipinski definition) is 3. The third kappa shape index (κ3) is 3.28. The van der Waals surface area contributed by atoms with E-state index in [2.05, 4.69) is 5.32 Å². The number of carboxylic acids is 1. The molecule has 0 aliphatic heterocycles. The number of carboxylic acid groups (broad SMARTS) is 1. The number of nitrogens with zero attached hydrogens (tertiary/aromatic N) is 2. The summed E-state index contributed by atoms with van der Waals surface area (Å²) in [5, 5.41) is 20.5. The van der Waals surface area contributed by atoms with Crippen molar-refractivity contribution >= 4 is 17.7 Å². The number of hydrogen-bond donors (Lipinski definition) is 2. The number of amides is 2. The second kappa shape index (κ2) is 6.22. The number of halogens is 1. The van der Waals surface area contributed by atoms with Gasteiger partial charge in [-0.2, -0.15) is 5.26 Å². The molecule has 1 rings (SSSR count). The number of aliphatic carboxylic acids is 1. The quantitative estimate of drug-likeness (QED) is 0.891. The van der Waals surface area contributed by atoms with Gasteiger partial charge in [-0.25, -0.2) is 14.0 Å². The van der Waals surface area contributed by atoms with Crippen LogP contribution in [0.2, 0.25) is 0 Å². The van der Waals surface area contributed by atoms with Crippen LogP contribution < -0.4 is 5.32 Å². The number of carbonyl (C=O) groups is 2. The van der Waals surface area contributed by atoms with Crippen LogP contribution in [-0.4, -0.2) is 34.1 Å². The fourth-order valence-corrected chi connectivity index (χ4v) is 1.83. The largest absolute Gasteiger partial charge is 0.480 e. The van der Waals surface area contributed by atoms with Gasteiger partial charge < -0.3 is 15.3 Å². The number of nitriles is 1. The zero-order valence-corrected chi connectivity index (χ0v) is 12.0. The first-order chi connectivity index (χ1) is 9.75. The fourth-order valence-electron chi connectivity index (χ4n) is 1.83. The molecule has 0 saturated heterocycles. The molecule has 21 heavy (non-hydrogen) atoms. The molecule has 0 aromatic heterocycles. The highest BCUT2D eigenvalue weighted by atomic mass is 19.1. The summed E-state index contributed by atoms with van der Waals surface area (Å²) in [4.78, 5) is 24.5. The summed E-state index contributed by atoms with van der Waals surface area (Å²) in [6, 6.07) is 4.78. The van der Waals surface area contributed by atoms with Gasteiger partial charge in [0.25, 0.3) is 0 Å². The number of benzene rings is 1. The number of nitrogens with one attached hydrogen (secondary N) is 1. The Kier molecular flexibility index (Phi) is 4.87. The lowest BCUT2D eigenvalue weighted by atomic mass is 10.0. The molecule has 0 bridgehead atoms. The molecule has 0 heterocycles. The molecule has 1 aromatic carbocycles. The molecule has 0 aliphatic rings. The van der Waals surface area contributed by atoms with E-state index in [1.165, 1.54) is 26.0 Å². The Morgan fingerprint density at radius 1 is 1.48 bits per heavy atom. The Labute approximate surface area is 121 Å². The van der Waals surface area contributed by atoms with E-state index in [1.807, 2.05) is 0 Å². The minimum atomic E-state index is -1.43. The Morgan fingerprint density at radius 3 is 2.57 bits per heavy atom. The Hall–Kier alpha value is -2.62. The predicted molar refractivity (Wildman–Crippen MR) is 74.2 cm³/mol. The van der Waals surface area contributed by atoms with Crippen LogP contribution in [0.1, 0.15) is 26.3 Å². The SMILES string of the molecule is CCN(C(=O)Nc1cccc(F)c1C#N)C(C)(C)C(=O)O. The molecule has 0 atom stereocenters. The third-order valence-corrected chi connectivity index (χ3v) is 3.13. The zero-order chi connectivity index (χ0) is 16.2. The van der Waals surface area contributed by atoms with Crippen LogP contribution in [0.5, 0.6) is 0 Å². The Bertz CT molecular complexity index is 608.